The molecule has 0 amide bonds. The van der Waals surface area contributed by atoms with Crippen LogP contribution >= 0.6 is 0 Å². The summed E-state index contributed by atoms with van der Waals surface area (Å²) >= 11 is 0. The van der Waals surface area contributed by atoms with Gasteiger partial charge in [-0.15, -0.1) is 0 Å². The van der Waals surface area contributed by atoms with E-state index in [-0.39, 0.29) is 0 Å². The summed E-state index contributed by atoms with van der Waals surface area (Å²) in [4.78, 5) is 0. The van der Waals surface area contributed by atoms with Gasteiger partial charge in [-0.2, -0.15) is 0 Å². The van der Waals surface area contributed by atoms with E-state index in [1.54, 1.807) is 0 Å². The first-order valence-electron chi connectivity index (χ1n) is 3.23. The van der Waals surface area contributed by atoms with Crippen molar-refractivity contribution in [3.05, 3.63) is 0 Å². The predicted octanol–water partition coefficient (Wildman–Crippen LogP) is 0.463. The number of rotatable bonds is 0. The molecule has 0 aromatic rings. The van der Waals surface area contributed by atoms with Crippen LogP contribution in [0.3, 0.4) is 0 Å². The third-order valence-corrected chi connectivity index (χ3v) is 1.60. The highest BCUT2D eigenvalue weighted by Gasteiger charge is 2.10. The quantitative estimate of drug-likeness (QED) is 0.492. The van der Waals surface area contributed by atoms with Crippen molar-refractivity contribution in [1.82, 2.24) is 10.4 Å². The van der Waals surface area contributed by atoms with Crippen molar-refractivity contribution in [2.24, 2.45) is 5.92 Å². The summed E-state index contributed by atoms with van der Waals surface area (Å²) in [6.07, 6.45) is 1.32. The molecule has 48 valence electrons. The third-order valence-electron chi connectivity index (χ3n) is 1.60. The van der Waals surface area contributed by atoms with Crippen LogP contribution in [-0.2, 0) is 0 Å². The molecule has 1 heterocycles. The number of hydrogen-bond acceptors (Lipinski definition) is 2. The number of hydrazine groups is 1. The maximum Gasteiger partial charge on any atom is 0.0154 e. The molecule has 1 rings (SSSR count). The van der Waals surface area contributed by atoms with Gasteiger partial charge in [0, 0.05) is 20.1 Å². The van der Waals surface area contributed by atoms with E-state index >= 15 is 0 Å². The minimum absolute atomic E-state index is 0.876. The van der Waals surface area contributed by atoms with E-state index in [1.165, 1.54) is 13.0 Å². The second-order valence-electron chi connectivity index (χ2n) is 2.68. The highest BCUT2D eigenvalue weighted by molar-refractivity contribution is 4.62. The van der Waals surface area contributed by atoms with Crippen molar-refractivity contribution in [2.45, 2.75) is 13.3 Å². The molecule has 8 heavy (non-hydrogen) atoms. The molecule has 0 radical (unpaired) electrons. The SMILES string of the molecule is CC1CCNN(C)C1. The lowest BCUT2D eigenvalue weighted by molar-refractivity contribution is 0.153. The summed E-state index contributed by atoms with van der Waals surface area (Å²) < 4.78 is 0. The fraction of sp³-hybridized carbons (Fsp3) is 1.00. The Kier molecular flexibility index (Phi) is 1.86. The zero-order valence-corrected chi connectivity index (χ0v) is 5.65. The van der Waals surface area contributed by atoms with Gasteiger partial charge in [0.15, 0.2) is 0 Å². The maximum absolute atomic E-state index is 3.25. The number of nitrogens with one attached hydrogen (secondary N) is 1. The van der Waals surface area contributed by atoms with Gasteiger partial charge in [0.05, 0.1) is 0 Å². The molecule has 0 bridgehead atoms. The van der Waals surface area contributed by atoms with E-state index < -0.39 is 0 Å². The van der Waals surface area contributed by atoms with Gasteiger partial charge in [0.2, 0.25) is 0 Å². The Morgan fingerprint density at radius 2 is 2.38 bits per heavy atom. The normalized spacial score (nSPS) is 33.0. The standard InChI is InChI=1S/C6H14N2/c1-6-3-4-7-8(2)5-6/h6-7H,3-5H2,1-2H3. The van der Waals surface area contributed by atoms with Gasteiger partial charge in [-0.1, -0.05) is 6.92 Å². The van der Waals surface area contributed by atoms with E-state index in [9.17, 15) is 0 Å². The first-order chi connectivity index (χ1) is 3.79. The Morgan fingerprint density at radius 1 is 1.62 bits per heavy atom. The highest BCUT2D eigenvalue weighted by atomic mass is 15.5. The molecule has 1 aliphatic heterocycles. The van der Waals surface area contributed by atoms with E-state index in [2.05, 4.69) is 24.4 Å². The fourth-order valence-corrected chi connectivity index (χ4v) is 1.13. The molecular formula is C6H14N2. The molecule has 0 aromatic carbocycles. The van der Waals surface area contributed by atoms with Crippen molar-refractivity contribution in [3.63, 3.8) is 0 Å². The first-order valence-corrected chi connectivity index (χ1v) is 3.23. The smallest absolute Gasteiger partial charge is 0.0154 e. The summed E-state index contributed by atoms with van der Waals surface area (Å²) in [5, 5.41) is 2.16. The average Bonchev–Trinajstić information content (AvgIpc) is 1.64. The second-order valence-corrected chi connectivity index (χ2v) is 2.68. The van der Waals surface area contributed by atoms with E-state index in [0.717, 1.165) is 12.5 Å². The molecule has 1 saturated heterocycles. The summed E-state index contributed by atoms with van der Waals surface area (Å²) in [6.45, 7) is 4.63. The Morgan fingerprint density at radius 3 is 2.75 bits per heavy atom. The molecule has 1 aliphatic rings. The lowest BCUT2D eigenvalue weighted by Crippen LogP contribution is -2.43. The topological polar surface area (TPSA) is 15.3 Å². The van der Waals surface area contributed by atoms with Crippen molar-refractivity contribution in [3.8, 4) is 0 Å². The summed E-state index contributed by atoms with van der Waals surface area (Å²) in [6, 6.07) is 0. The van der Waals surface area contributed by atoms with Gasteiger partial charge in [-0.05, 0) is 12.3 Å². The fourth-order valence-electron chi connectivity index (χ4n) is 1.13. The lowest BCUT2D eigenvalue weighted by Gasteiger charge is -2.27. The van der Waals surface area contributed by atoms with Crippen LogP contribution in [0.1, 0.15) is 13.3 Å². The van der Waals surface area contributed by atoms with Crippen LogP contribution in [-0.4, -0.2) is 25.1 Å². The van der Waals surface area contributed by atoms with Crippen LogP contribution in [0.15, 0.2) is 0 Å². The van der Waals surface area contributed by atoms with Crippen molar-refractivity contribution in [2.75, 3.05) is 20.1 Å². The molecular weight excluding hydrogens is 100 g/mol. The van der Waals surface area contributed by atoms with Gasteiger partial charge in [-0.3, -0.25) is 5.43 Å². The Balaban J connectivity index is 2.23. The van der Waals surface area contributed by atoms with Crippen molar-refractivity contribution in [1.29, 1.82) is 0 Å². The van der Waals surface area contributed by atoms with E-state index in [0.29, 0.717) is 0 Å². The summed E-state index contributed by atoms with van der Waals surface area (Å²) in [5.41, 5.74) is 3.25. The van der Waals surface area contributed by atoms with Crippen molar-refractivity contribution < 1.29 is 0 Å². The minimum atomic E-state index is 0.876. The number of nitrogens with zero attached hydrogens (tertiary/aromatic N) is 1. The summed E-state index contributed by atoms with van der Waals surface area (Å²) in [5.74, 6) is 0.876. The molecule has 1 unspecified atom stereocenters. The van der Waals surface area contributed by atoms with Crippen LogP contribution in [0.5, 0.6) is 0 Å². The second kappa shape index (κ2) is 2.46. The third kappa shape index (κ3) is 1.46. The van der Waals surface area contributed by atoms with Gasteiger partial charge >= 0.3 is 0 Å². The molecule has 0 aromatic heterocycles. The van der Waals surface area contributed by atoms with Crippen molar-refractivity contribution >= 4 is 0 Å². The van der Waals surface area contributed by atoms with Gasteiger partial charge in [-0.25, -0.2) is 5.01 Å². The minimum Gasteiger partial charge on any atom is -0.255 e. The van der Waals surface area contributed by atoms with Crippen LogP contribution in [0.2, 0.25) is 0 Å². The lowest BCUT2D eigenvalue weighted by atomic mass is 10.1. The van der Waals surface area contributed by atoms with Crippen LogP contribution in [0.25, 0.3) is 0 Å². The zero-order chi connectivity index (χ0) is 5.98. The summed E-state index contributed by atoms with van der Waals surface area (Å²) in [7, 11) is 2.09. The van der Waals surface area contributed by atoms with E-state index in [1.807, 2.05) is 0 Å². The predicted molar refractivity (Wildman–Crippen MR) is 34.4 cm³/mol. The highest BCUT2D eigenvalue weighted by Crippen LogP contribution is 2.05. The van der Waals surface area contributed by atoms with Gasteiger partial charge < -0.3 is 0 Å². The molecule has 0 saturated carbocycles. The molecule has 2 nitrogen and oxygen atoms in total. The van der Waals surface area contributed by atoms with Gasteiger partial charge in [0.25, 0.3) is 0 Å². The Labute approximate surface area is 50.8 Å². The Bertz CT molecular complexity index is 64.9. The molecule has 2 heteroatoms. The monoisotopic (exact) mass is 114 g/mol. The number of hydrogen-bond donors (Lipinski definition) is 1. The maximum atomic E-state index is 3.25. The molecule has 1 fully saturated rings. The molecule has 0 aliphatic carbocycles. The molecule has 0 spiro atoms. The van der Waals surface area contributed by atoms with Crippen LogP contribution < -0.4 is 5.43 Å². The van der Waals surface area contributed by atoms with Crippen LogP contribution in [0.4, 0.5) is 0 Å². The van der Waals surface area contributed by atoms with Crippen LogP contribution in [0, 0.1) is 5.92 Å². The molecule has 1 N–H and O–H groups in total. The average molecular weight is 114 g/mol. The zero-order valence-electron chi connectivity index (χ0n) is 5.65. The van der Waals surface area contributed by atoms with Gasteiger partial charge in [0.1, 0.15) is 0 Å². The Hall–Kier alpha value is -0.0800. The largest absolute Gasteiger partial charge is 0.255 e. The first kappa shape index (κ1) is 6.05. The van der Waals surface area contributed by atoms with E-state index in [4.69, 9.17) is 0 Å². The molecule has 1 atom stereocenters.